The second-order valence-corrected chi connectivity index (χ2v) is 16.2. The Hall–Kier alpha value is -6.26. The minimum absolute atomic E-state index is 0.0474. The Morgan fingerprint density at radius 2 is 1.60 bits per heavy atom. The van der Waals surface area contributed by atoms with E-state index < -0.39 is 35.6 Å². The van der Waals surface area contributed by atoms with E-state index in [0.717, 1.165) is 80.4 Å². The lowest BCUT2D eigenvalue weighted by atomic mass is 9.73. The normalized spacial score (nSPS) is 23.3. The average molecular weight is 776 g/mol. The van der Waals surface area contributed by atoms with Crippen LogP contribution in [0.5, 0.6) is 0 Å². The number of likely N-dealkylation sites (N-methyl/N-ethyl adjacent to an activating group) is 1. The molecule has 0 saturated carbocycles. The molecule has 6 aliphatic rings. The molecule has 2 unspecified atom stereocenters. The monoisotopic (exact) mass is 775 g/mol. The average Bonchev–Trinajstić information content (AvgIpc) is 3.66. The zero-order chi connectivity index (χ0) is 39.6. The Bertz CT molecular complexity index is 2190. The topological polar surface area (TPSA) is 198 Å². The van der Waals surface area contributed by atoms with Gasteiger partial charge in [0.25, 0.3) is 17.7 Å². The predicted molar refractivity (Wildman–Crippen MR) is 209 cm³/mol. The number of imide groups is 2. The molecule has 0 aliphatic carbocycles. The number of anilines is 5. The molecule has 3 aromatic rings. The minimum Gasteiger partial charge on any atom is -0.371 e. The Kier molecular flexibility index (Phi) is 8.96. The first-order valence-electron chi connectivity index (χ1n) is 19.6. The van der Waals surface area contributed by atoms with Gasteiger partial charge in [-0.25, -0.2) is 14.8 Å². The number of hydrogen-bond donors (Lipinski definition) is 3. The van der Waals surface area contributed by atoms with E-state index in [-0.39, 0.29) is 53.0 Å². The first-order valence-corrected chi connectivity index (χ1v) is 19.6. The number of aromatic nitrogens is 2. The molecule has 1 aromatic heterocycles. The summed E-state index contributed by atoms with van der Waals surface area (Å²) in [5.41, 5.74) is 9.04. The molecule has 2 aromatic carbocycles. The zero-order valence-corrected chi connectivity index (χ0v) is 31.8. The van der Waals surface area contributed by atoms with Crippen molar-refractivity contribution in [2.45, 2.75) is 50.6 Å². The molecular formula is C40H45N11O6. The van der Waals surface area contributed by atoms with E-state index in [1.54, 1.807) is 23.2 Å². The smallest absolute Gasteiger partial charge is 0.320 e. The third-order valence-electron chi connectivity index (χ3n) is 12.4. The van der Waals surface area contributed by atoms with Crippen LogP contribution in [0.1, 0.15) is 69.7 Å². The number of hydrogen-bond acceptors (Lipinski definition) is 12. The summed E-state index contributed by atoms with van der Waals surface area (Å²) in [5.74, 6) is -1.83. The molecule has 7 amide bonds. The summed E-state index contributed by atoms with van der Waals surface area (Å²) >= 11 is 0. The third kappa shape index (κ3) is 6.53. The van der Waals surface area contributed by atoms with Gasteiger partial charge < -0.3 is 35.6 Å². The number of piperidine rings is 3. The van der Waals surface area contributed by atoms with Gasteiger partial charge in [0, 0.05) is 88.3 Å². The summed E-state index contributed by atoms with van der Waals surface area (Å²) in [4.78, 5) is 96.4. The molecule has 7 heterocycles. The maximum atomic E-state index is 13.4. The van der Waals surface area contributed by atoms with Crippen molar-refractivity contribution in [3.05, 3.63) is 65.5 Å². The van der Waals surface area contributed by atoms with Crippen molar-refractivity contribution in [1.82, 2.24) is 30.0 Å². The van der Waals surface area contributed by atoms with Crippen LogP contribution in [0.3, 0.4) is 0 Å². The van der Waals surface area contributed by atoms with E-state index in [1.165, 1.54) is 0 Å². The molecule has 2 atom stereocenters. The SMILES string of the molecule is CN1CCN(C2CCCN(c3cnc(C(N)=O)c(Nc4ccc(N5CCCC6(C5)CN(c5ccc7c(c5)C(=O)N(C5CCC(=O)NC5=O)C7=O)C6)cc4)n3)C2)C1=O. The van der Waals surface area contributed by atoms with Crippen LogP contribution < -0.4 is 31.1 Å². The van der Waals surface area contributed by atoms with E-state index in [1.807, 2.05) is 30.1 Å². The number of rotatable bonds is 8. The van der Waals surface area contributed by atoms with Crippen molar-refractivity contribution in [1.29, 1.82) is 0 Å². The Labute approximate surface area is 329 Å². The molecule has 4 N–H and O–H groups in total. The van der Waals surface area contributed by atoms with Crippen molar-refractivity contribution in [2.24, 2.45) is 11.1 Å². The summed E-state index contributed by atoms with van der Waals surface area (Å²) in [6, 6.07) is 12.4. The number of carbonyl (C=O) groups excluding carboxylic acids is 6. The van der Waals surface area contributed by atoms with Crippen LogP contribution in [0.15, 0.2) is 48.7 Å². The van der Waals surface area contributed by atoms with E-state index in [4.69, 9.17) is 10.7 Å². The molecule has 17 heteroatoms. The summed E-state index contributed by atoms with van der Waals surface area (Å²) in [7, 11) is 1.82. The maximum absolute atomic E-state index is 13.4. The lowest BCUT2D eigenvalue weighted by Gasteiger charge is -2.56. The maximum Gasteiger partial charge on any atom is 0.320 e. The number of benzene rings is 2. The van der Waals surface area contributed by atoms with Crippen molar-refractivity contribution in [3.8, 4) is 0 Å². The van der Waals surface area contributed by atoms with Crippen LogP contribution in [0.4, 0.5) is 33.5 Å². The van der Waals surface area contributed by atoms with Crippen molar-refractivity contribution in [3.63, 3.8) is 0 Å². The Balaban J connectivity index is 0.842. The highest BCUT2D eigenvalue weighted by atomic mass is 16.2. The van der Waals surface area contributed by atoms with Gasteiger partial charge in [0.2, 0.25) is 11.8 Å². The number of primary amides is 1. The lowest BCUT2D eigenvalue weighted by Crippen LogP contribution is -2.63. The molecule has 5 fully saturated rings. The fourth-order valence-electron chi connectivity index (χ4n) is 9.40. The third-order valence-corrected chi connectivity index (χ3v) is 12.4. The van der Waals surface area contributed by atoms with Gasteiger partial charge in [-0.1, -0.05) is 0 Å². The number of carbonyl (C=O) groups is 6. The van der Waals surface area contributed by atoms with Crippen LogP contribution in [0.2, 0.25) is 0 Å². The van der Waals surface area contributed by atoms with Gasteiger partial charge in [0.15, 0.2) is 11.5 Å². The first-order chi connectivity index (χ1) is 27.5. The molecule has 17 nitrogen and oxygen atoms in total. The second-order valence-electron chi connectivity index (χ2n) is 16.2. The van der Waals surface area contributed by atoms with Gasteiger partial charge in [0.05, 0.1) is 23.4 Å². The molecule has 296 valence electrons. The highest BCUT2D eigenvalue weighted by Gasteiger charge is 2.48. The summed E-state index contributed by atoms with van der Waals surface area (Å²) in [5, 5.41) is 5.52. The predicted octanol–water partition coefficient (Wildman–Crippen LogP) is 2.16. The molecular weight excluding hydrogens is 731 g/mol. The Morgan fingerprint density at radius 3 is 2.33 bits per heavy atom. The summed E-state index contributed by atoms with van der Waals surface area (Å²) < 4.78 is 0. The highest BCUT2D eigenvalue weighted by Crippen LogP contribution is 2.43. The van der Waals surface area contributed by atoms with E-state index >= 15 is 0 Å². The van der Waals surface area contributed by atoms with Crippen molar-refractivity contribution in [2.75, 3.05) is 79.4 Å². The van der Waals surface area contributed by atoms with E-state index in [9.17, 15) is 28.8 Å². The fourth-order valence-corrected chi connectivity index (χ4v) is 9.40. The van der Waals surface area contributed by atoms with Gasteiger partial charge in [-0.3, -0.25) is 34.2 Å². The summed E-state index contributed by atoms with van der Waals surface area (Å²) in [6.07, 6.45) is 5.69. The minimum atomic E-state index is -0.994. The molecule has 9 rings (SSSR count). The number of urea groups is 1. The molecule has 1 spiro atoms. The standard InChI is InChI=1S/C40H45N11O6/c1-46-16-17-50(39(46)57)27-4-2-14-47(20-27)31-19-42-33(34(41)53)35(44-31)43-24-5-7-25(8-6-24)48-15-3-13-40(21-48)22-49(23-40)26-9-10-28-29(18-26)38(56)51(37(28)55)30-11-12-32(52)45-36(30)54/h5-10,18-19,27,30H,2-4,11-17,20-23H2,1H3,(H2,41,53)(H,43,44)(H,45,52,54). The van der Waals surface area contributed by atoms with Crippen LogP contribution in [-0.4, -0.2) is 132 Å². The number of nitrogens with two attached hydrogens (primary N) is 1. The van der Waals surface area contributed by atoms with E-state index in [0.29, 0.717) is 25.5 Å². The van der Waals surface area contributed by atoms with Crippen molar-refractivity contribution < 1.29 is 28.8 Å². The Morgan fingerprint density at radius 1 is 0.860 bits per heavy atom. The van der Waals surface area contributed by atoms with Crippen LogP contribution >= 0.6 is 0 Å². The van der Waals surface area contributed by atoms with Crippen LogP contribution in [0, 0.1) is 5.41 Å². The quantitative estimate of drug-likeness (QED) is 0.283. The molecule has 0 radical (unpaired) electrons. The second kappa shape index (κ2) is 14.0. The van der Waals surface area contributed by atoms with Gasteiger partial charge in [-0.2, -0.15) is 0 Å². The highest BCUT2D eigenvalue weighted by molar-refractivity contribution is 6.23. The van der Waals surface area contributed by atoms with Crippen LogP contribution in [-0.2, 0) is 9.59 Å². The molecule has 6 aliphatic heterocycles. The van der Waals surface area contributed by atoms with E-state index in [2.05, 4.69) is 42.5 Å². The number of fused-ring (bicyclic) bond motifs is 1. The van der Waals surface area contributed by atoms with Gasteiger partial charge >= 0.3 is 6.03 Å². The fraction of sp³-hybridized carbons (Fsp3) is 0.450. The van der Waals surface area contributed by atoms with Gasteiger partial charge in [-0.15, -0.1) is 0 Å². The molecule has 57 heavy (non-hydrogen) atoms. The van der Waals surface area contributed by atoms with Gasteiger partial charge in [0.1, 0.15) is 11.9 Å². The van der Waals surface area contributed by atoms with Gasteiger partial charge in [-0.05, 0) is 74.6 Å². The number of nitrogens with zero attached hydrogens (tertiary/aromatic N) is 8. The van der Waals surface area contributed by atoms with Crippen LogP contribution in [0.25, 0.3) is 0 Å². The molecule has 0 bridgehead atoms. The zero-order valence-electron chi connectivity index (χ0n) is 31.8. The summed E-state index contributed by atoms with van der Waals surface area (Å²) in [6.45, 7) is 6.19. The molecule has 5 saturated heterocycles. The largest absolute Gasteiger partial charge is 0.371 e. The van der Waals surface area contributed by atoms with Crippen molar-refractivity contribution >= 4 is 64.3 Å². The number of amides is 7. The first kappa shape index (κ1) is 36.4. The lowest BCUT2D eigenvalue weighted by molar-refractivity contribution is -0.136. The number of nitrogens with one attached hydrogen (secondary N) is 2.